The van der Waals surface area contributed by atoms with E-state index in [1.54, 1.807) is 0 Å². The maximum Gasteiger partial charge on any atom is 0.235 e. The van der Waals surface area contributed by atoms with Crippen LogP contribution in [0.15, 0.2) is 48.2 Å². The van der Waals surface area contributed by atoms with Gasteiger partial charge in [-0.3, -0.25) is 10.1 Å². The highest BCUT2D eigenvalue weighted by Gasteiger charge is 2.09. The normalized spacial score (nSPS) is 19.4. The summed E-state index contributed by atoms with van der Waals surface area (Å²) in [5.74, 6) is 0. The van der Waals surface area contributed by atoms with Crippen molar-refractivity contribution in [1.29, 1.82) is 0 Å². The average Bonchev–Trinajstić information content (AvgIpc) is 2.23. The van der Waals surface area contributed by atoms with Crippen LogP contribution in [0.25, 0.3) is 0 Å². The molecule has 1 aliphatic rings. The van der Waals surface area contributed by atoms with Gasteiger partial charge in [0.2, 0.25) is 6.20 Å². The maximum atomic E-state index is 10.1. The molecule has 0 radical (unpaired) electrons. The summed E-state index contributed by atoms with van der Waals surface area (Å²) < 4.78 is 0. The maximum absolute atomic E-state index is 10.1. The van der Waals surface area contributed by atoms with Gasteiger partial charge in [-0.25, -0.2) is 0 Å². The molecule has 1 aliphatic carbocycles. The van der Waals surface area contributed by atoms with Crippen molar-refractivity contribution in [2.75, 3.05) is 0 Å². The van der Waals surface area contributed by atoms with E-state index in [9.17, 15) is 10.1 Å². The Balaban J connectivity index is 2.80. The summed E-state index contributed by atoms with van der Waals surface area (Å²) in [5, 5.41) is 10.1. The topological polar surface area (TPSA) is 43.1 Å². The molecule has 0 aromatic heterocycles. The van der Waals surface area contributed by atoms with Crippen molar-refractivity contribution in [3.8, 4) is 0 Å². The monoisotopic (exact) mass is 191 g/mol. The minimum atomic E-state index is -0.464. The molecule has 0 fully saturated rings. The Morgan fingerprint density at radius 2 is 2.14 bits per heavy atom. The van der Waals surface area contributed by atoms with E-state index < -0.39 is 4.92 Å². The van der Waals surface area contributed by atoms with Crippen molar-refractivity contribution in [1.82, 2.24) is 0 Å². The van der Waals surface area contributed by atoms with E-state index in [4.69, 9.17) is 0 Å². The summed E-state index contributed by atoms with van der Waals surface area (Å²) in [5.41, 5.74) is 0.851. The van der Waals surface area contributed by atoms with Crippen LogP contribution < -0.4 is 0 Å². The molecule has 0 aliphatic heterocycles. The van der Waals surface area contributed by atoms with Crippen molar-refractivity contribution in [2.45, 2.75) is 13.8 Å². The lowest BCUT2D eigenvalue weighted by Crippen LogP contribution is -2.00. The molecule has 0 aromatic carbocycles. The van der Waals surface area contributed by atoms with Crippen LogP contribution in [0.2, 0.25) is 0 Å². The first-order chi connectivity index (χ1) is 6.49. The molecular formula is C11H13NO2. The van der Waals surface area contributed by atoms with Crippen molar-refractivity contribution < 1.29 is 4.92 Å². The zero-order chi connectivity index (χ0) is 10.6. The minimum Gasteiger partial charge on any atom is -0.259 e. The Morgan fingerprint density at radius 1 is 1.43 bits per heavy atom. The predicted octanol–water partition coefficient (Wildman–Crippen LogP) is 2.86. The van der Waals surface area contributed by atoms with Gasteiger partial charge in [-0.1, -0.05) is 44.2 Å². The van der Waals surface area contributed by atoms with E-state index in [1.165, 1.54) is 6.08 Å². The molecule has 0 spiro atoms. The highest BCUT2D eigenvalue weighted by atomic mass is 16.6. The van der Waals surface area contributed by atoms with Gasteiger partial charge in [-0.15, -0.1) is 0 Å². The zero-order valence-electron chi connectivity index (χ0n) is 8.31. The van der Waals surface area contributed by atoms with E-state index in [-0.39, 0.29) is 5.41 Å². The molecule has 0 amide bonds. The summed E-state index contributed by atoms with van der Waals surface area (Å²) in [6, 6.07) is 0. The lowest BCUT2D eigenvalue weighted by Gasteiger charge is -2.12. The molecule has 0 heterocycles. The Labute approximate surface area is 83.3 Å². The van der Waals surface area contributed by atoms with Gasteiger partial charge in [0, 0.05) is 11.5 Å². The van der Waals surface area contributed by atoms with Crippen molar-refractivity contribution in [2.24, 2.45) is 5.41 Å². The van der Waals surface area contributed by atoms with Gasteiger partial charge in [-0.05, 0) is 5.57 Å². The number of hydrogen-bond donors (Lipinski definition) is 0. The third kappa shape index (κ3) is 3.39. The quantitative estimate of drug-likeness (QED) is 0.497. The summed E-state index contributed by atoms with van der Waals surface area (Å²) in [7, 11) is 0. The van der Waals surface area contributed by atoms with Crippen LogP contribution >= 0.6 is 0 Å². The lowest BCUT2D eigenvalue weighted by atomic mass is 9.93. The average molecular weight is 191 g/mol. The minimum absolute atomic E-state index is 0.0146. The van der Waals surface area contributed by atoms with Crippen molar-refractivity contribution >= 4 is 0 Å². The second kappa shape index (κ2) is 4.05. The lowest BCUT2D eigenvalue weighted by molar-refractivity contribution is -0.402. The van der Waals surface area contributed by atoms with Gasteiger partial charge in [-0.2, -0.15) is 0 Å². The SMILES string of the molecule is CC1(C)C=CC=C(/C=C/[N+](=O)[O-])C=C1. The van der Waals surface area contributed by atoms with E-state index in [1.807, 2.05) is 24.3 Å². The molecule has 3 heteroatoms. The van der Waals surface area contributed by atoms with Crippen LogP contribution in [-0.2, 0) is 0 Å². The van der Waals surface area contributed by atoms with Crippen molar-refractivity contribution in [3.05, 3.63) is 58.3 Å². The van der Waals surface area contributed by atoms with Gasteiger partial charge in [0.15, 0.2) is 0 Å². The Bertz CT molecular complexity index is 346. The van der Waals surface area contributed by atoms with Gasteiger partial charge in [0.05, 0.1) is 4.92 Å². The van der Waals surface area contributed by atoms with Crippen LogP contribution in [0.1, 0.15) is 13.8 Å². The van der Waals surface area contributed by atoms with E-state index >= 15 is 0 Å². The third-order valence-corrected chi connectivity index (χ3v) is 1.91. The molecule has 0 saturated heterocycles. The fourth-order valence-corrected chi connectivity index (χ4v) is 1.09. The summed E-state index contributed by atoms with van der Waals surface area (Å²) in [6.07, 6.45) is 12.2. The van der Waals surface area contributed by atoms with Gasteiger partial charge >= 0.3 is 0 Å². The standard InChI is InChI=1S/C11H13NO2/c1-11(2)7-3-4-10(5-8-11)6-9-12(13)14/h3-9H,1-2H3/b9-6+. The molecule has 0 saturated carbocycles. The van der Waals surface area contributed by atoms with Crippen LogP contribution in [0.4, 0.5) is 0 Å². The van der Waals surface area contributed by atoms with E-state index in [0.717, 1.165) is 11.8 Å². The summed E-state index contributed by atoms with van der Waals surface area (Å²) in [4.78, 5) is 9.64. The Hall–Kier alpha value is -1.64. The number of allylic oxidation sites excluding steroid dienone is 7. The molecule has 14 heavy (non-hydrogen) atoms. The largest absolute Gasteiger partial charge is 0.259 e. The molecule has 0 atom stereocenters. The van der Waals surface area contributed by atoms with Crippen LogP contribution in [-0.4, -0.2) is 4.92 Å². The fraction of sp³-hybridized carbons (Fsp3) is 0.273. The first-order valence-corrected chi connectivity index (χ1v) is 4.40. The van der Waals surface area contributed by atoms with Crippen LogP contribution in [0.5, 0.6) is 0 Å². The van der Waals surface area contributed by atoms with E-state index in [2.05, 4.69) is 19.9 Å². The summed E-state index contributed by atoms with van der Waals surface area (Å²) in [6.45, 7) is 4.15. The Kier molecular flexibility index (Phi) is 3.02. The predicted molar refractivity (Wildman–Crippen MR) is 56.3 cm³/mol. The third-order valence-electron chi connectivity index (χ3n) is 1.91. The molecule has 1 rings (SSSR count). The number of nitrogens with zero attached hydrogens (tertiary/aromatic N) is 1. The van der Waals surface area contributed by atoms with Crippen molar-refractivity contribution in [3.63, 3.8) is 0 Å². The molecule has 0 N–H and O–H groups in total. The highest BCUT2D eigenvalue weighted by molar-refractivity contribution is 5.37. The second-order valence-corrected chi connectivity index (χ2v) is 3.78. The second-order valence-electron chi connectivity index (χ2n) is 3.78. The first kappa shape index (κ1) is 10.4. The molecule has 0 aromatic rings. The highest BCUT2D eigenvalue weighted by Crippen LogP contribution is 2.22. The molecule has 0 unspecified atom stereocenters. The first-order valence-electron chi connectivity index (χ1n) is 4.40. The van der Waals surface area contributed by atoms with Crippen LogP contribution in [0.3, 0.4) is 0 Å². The molecular weight excluding hydrogens is 178 g/mol. The van der Waals surface area contributed by atoms with Crippen LogP contribution in [0, 0.1) is 15.5 Å². The van der Waals surface area contributed by atoms with Gasteiger partial charge in [0.25, 0.3) is 0 Å². The Morgan fingerprint density at radius 3 is 2.79 bits per heavy atom. The zero-order valence-corrected chi connectivity index (χ0v) is 8.31. The number of hydrogen-bond acceptors (Lipinski definition) is 2. The number of rotatable bonds is 2. The smallest absolute Gasteiger partial charge is 0.235 e. The molecule has 0 bridgehead atoms. The fourth-order valence-electron chi connectivity index (χ4n) is 1.09. The molecule has 74 valence electrons. The van der Waals surface area contributed by atoms with Gasteiger partial charge < -0.3 is 0 Å². The van der Waals surface area contributed by atoms with E-state index in [0.29, 0.717) is 0 Å². The molecule has 3 nitrogen and oxygen atoms in total. The summed E-state index contributed by atoms with van der Waals surface area (Å²) >= 11 is 0. The number of nitro groups is 1. The van der Waals surface area contributed by atoms with Gasteiger partial charge in [0.1, 0.15) is 0 Å².